The van der Waals surface area contributed by atoms with Crippen molar-refractivity contribution in [1.29, 1.82) is 0 Å². The molecule has 396 valence electrons. The van der Waals surface area contributed by atoms with Crippen LogP contribution in [0.2, 0.25) is 0 Å². The molecule has 1 amide bonds. The number of hydrogen-bond acceptors (Lipinski definition) is 15. The number of nitrogens with zero attached hydrogens (tertiary/aromatic N) is 1. The summed E-state index contributed by atoms with van der Waals surface area (Å²) in [5.41, 5.74) is 1.15. The first-order chi connectivity index (χ1) is 32.8. The minimum absolute atomic E-state index is 0.0106. The van der Waals surface area contributed by atoms with Gasteiger partial charge in [-0.15, -0.1) is 0 Å². The van der Waals surface area contributed by atoms with Crippen LogP contribution in [0.25, 0.3) is 0 Å². The van der Waals surface area contributed by atoms with E-state index in [0.29, 0.717) is 50.5 Å². The van der Waals surface area contributed by atoms with Crippen LogP contribution in [0.1, 0.15) is 119 Å². The van der Waals surface area contributed by atoms with Crippen LogP contribution in [0.3, 0.4) is 0 Å². The molecule has 70 heavy (non-hydrogen) atoms. The van der Waals surface area contributed by atoms with Gasteiger partial charge in [0.15, 0.2) is 13.2 Å². The predicted octanol–water partition coefficient (Wildman–Crippen LogP) is 6.71. The third-order valence-corrected chi connectivity index (χ3v) is 15.7. The lowest BCUT2D eigenvalue weighted by molar-refractivity contribution is -0.285. The molecule has 4 rings (SSSR count). The molecule has 2 saturated heterocycles. The second-order valence-corrected chi connectivity index (χ2v) is 23.7. The monoisotopic (exact) mass is 1010 g/mol. The molecule has 0 spiro atoms. The average molecular weight is 1010 g/mol. The highest BCUT2D eigenvalue weighted by Gasteiger charge is 2.56. The Morgan fingerprint density at radius 3 is 2.20 bits per heavy atom. The van der Waals surface area contributed by atoms with E-state index < -0.39 is 97.2 Å². The van der Waals surface area contributed by atoms with Crippen LogP contribution < -0.4 is 0 Å². The molecule has 0 aromatic heterocycles. The van der Waals surface area contributed by atoms with Crippen LogP contribution in [-0.2, 0) is 56.7 Å². The summed E-state index contributed by atoms with van der Waals surface area (Å²) in [5, 5.41) is 34.7. The maximum absolute atomic E-state index is 14.5. The maximum atomic E-state index is 14.5. The standard InChI is InChI=1S/C53H84NO15P/c1-31-18-14-13-15-19-32(2)44(64-8)29-39-28-42(56)37(7)53(62,68-39)50(59)51(60)54-23-17-16-20-40(54)52(61)67-45(34(4)26-38-21-22-43(46(27-38)65-9)69-70(11,12)63)30-41(55)33(3)25-36(6)48(58)49(66-10)47(57)35(5)24-31/h13-15,18-19,25,31,33-35,37-40,42-46,48-49,56,58,62H,16-17,20-24,26-30H2,1-12H3/b15-13+,18-14+,32-19+,36-25+/t31-,33-,34-,35-,37-,38+,39+,40+,42?,43-,44+,45+,46-,48-,49+,53-/m1/s1. The van der Waals surface area contributed by atoms with Gasteiger partial charge in [0, 0.05) is 78.2 Å². The van der Waals surface area contributed by atoms with Crippen LogP contribution >= 0.6 is 7.37 Å². The Labute approximate surface area is 416 Å². The first-order valence-corrected chi connectivity index (χ1v) is 27.8. The van der Waals surface area contributed by atoms with E-state index in [-0.39, 0.29) is 67.8 Å². The molecule has 16 nitrogen and oxygen atoms in total. The van der Waals surface area contributed by atoms with E-state index in [4.69, 9.17) is 28.2 Å². The van der Waals surface area contributed by atoms with Gasteiger partial charge in [-0.25, -0.2) is 4.79 Å². The van der Waals surface area contributed by atoms with E-state index in [0.717, 1.165) is 10.5 Å². The summed E-state index contributed by atoms with van der Waals surface area (Å²) in [6.07, 6.45) is 8.12. The molecular formula is C53H84NO15P. The Kier molecular flexibility index (Phi) is 22.6. The molecule has 0 radical (unpaired) electrons. The lowest BCUT2D eigenvalue weighted by Gasteiger charge is -2.44. The van der Waals surface area contributed by atoms with Crippen LogP contribution in [0.4, 0.5) is 0 Å². The SMILES string of the molecule is CO[C@H]1C[C@@H]2CC(O)[C@@H](C)[C@@](O)(O2)C(=O)C(=O)N2CCCC[C@H]2C(=O)O[C@H]([C@H](C)C[C@@H]2CC[C@@H](OP(C)(C)=O)[C@H](OC)C2)CC(=O)[C@H](C)/C=C(\C)[C@@H](O)[C@@H](OC)C(=O)[C@H](C)C[C@H](C)/C=C/C=C/C=C/1C. The molecule has 2 bridgehead atoms. The molecule has 3 heterocycles. The Bertz CT molecular complexity index is 1980. The number of aliphatic hydroxyl groups excluding tert-OH is 2. The summed E-state index contributed by atoms with van der Waals surface area (Å²) in [5.74, 6) is -9.36. The number of cyclic esters (lactones) is 1. The lowest BCUT2D eigenvalue weighted by atomic mass is 9.78. The fraction of sp³-hybridized carbons (Fsp3) is 0.755. The number of amides is 1. The van der Waals surface area contributed by atoms with Gasteiger partial charge in [-0.05, 0) is 94.1 Å². The number of Topliss-reactive ketones (excluding diaryl/α,β-unsaturated/α-hetero) is 3. The minimum Gasteiger partial charge on any atom is -0.460 e. The number of ether oxygens (including phenoxy) is 5. The quantitative estimate of drug-likeness (QED) is 0.0995. The van der Waals surface area contributed by atoms with Gasteiger partial charge in [-0.2, -0.15) is 0 Å². The van der Waals surface area contributed by atoms with Crippen molar-refractivity contribution in [3.05, 3.63) is 47.6 Å². The van der Waals surface area contributed by atoms with Crippen molar-refractivity contribution in [3.63, 3.8) is 0 Å². The van der Waals surface area contributed by atoms with Gasteiger partial charge in [-0.3, -0.25) is 23.7 Å². The first-order valence-electron chi connectivity index (χ1n) is 25.3. The van der Waals surface area contributed by atoms with Gasteiger partial charge in [0.2, 0.25) is 5.79 Å². The van der Waals surface area contributed by atoms with Crippen molar-refractivity contribution in [2.75, 3.05) is 41.2 Å². The summed E-state index contributed by atoms with van der Waals surface area (Å²) >= 11 is 0. The highest BCUT2D eigenvalue weighted by molar-refractivity contribution is 7.57. The molecule has 1 saturated carbocycles. The number of piperidine rings is 1. The number of carbonyl (C=O) groups is 5. The van der Waals surface area contributed by atoms with Gasteiger partial charge in [0.25, 0.3) is 11.7 Å². The van der Waals surface area contributed by atoms with Gasteiger partial charge in [0.05, 0.1) is 30.5 Å². The van der Waals surface area contributed by atoms with E-state index in [2.05, 4.69) is 0 Å². The summed E-state index contributed by atoms with van der Waals surface area (Å²) in [7, 11) is 1.66. The van der Waals surface area contributed by atoms with Crippen molar-refractivity contribution >= 4 is 36.6 Å². The van der Waals surface area contributed by atoms with Crippen molar-refractivity contribution in [2.24, 2.45) is 35.5 Å². The Balaban J connectivity index is 1.72. The van der Waals surface area contributed by atoms with Crippen LogP contribution in [0, 0.1) is 35.5 Å². The molecule has 3 fully saturated rings. The number of methoxy groups -OCH3 is 3. The number of ketones is 3. The number of fused-ring (bicyclic) bond motifs is 3. The zero-order chi connectivity index (χ0) is 52.2. The van der Waals surface area contributed by atoms with Crippen LogP contribution in [-0.4, -0.2) is 151 Å². The third kappa shape index (κ3) is 15.9. The Morgan fingerprint density at radius 1 is 0.857 bits per heavy atom. The van der Waals surface area contributed by atoms with Crippen molar-refractivity contribution in [3.8, 4) is 0 Å². The molecule has 3 aliphatic heterocycles. The van der Waals surface area contributed by atoms with Crippen LogP contribution in [0.5, 0.6) is 0 Å². The Hall–Kier alpha value is -3.18. The van der Waals surface area contributed by atoms with Crippen molar-refractivity contribution in [1.82, 2.24) is 4.90 Å². The average Bonchev–Trinajstić information content (AvgIpc) is 3.31. The molecule has 1 unspecified atom stereocenters. The molecule has 0 aromatic rings. The molecule has 0 aromatic carbocycles. The highest BCUT2D eigenvalue weighted by atomic mass is 31.2. The molecule has 3 N–H and O–H groups in total. The third-order valence-electron chi connectivity index (χ3n) is 15.0. The maximum Gasteiger partial charge on any atom is 0.329 e. The van der Waals surface area contributed by atoms with Gasteiger partial charge >= 0.3 is 5.97 Å². The van der Waals surface area contributed by atoms with Gasteiger partial charge < -0.3 is 48.4 Å². The lowest BCUT2D eigenvalue weighted by Crippen LogP contribution is -2.63. The zero-order valence-corrected chi connectivity index (χ0v) is 44.6. The number of hydrogen-bond donors (Lipinski definition) is 3. The normalized spacial score (nSPS) is 39.7. The number of rotatable bonds is 8. The van der Waals surface area contributed by atoms with E-state index in [1.54, 1.807) is 47.3 Å². The number of allylic oxidation sites excluding steroid dienone is 6. The fourth-order valence-electron chi connectivity index (χ4n) is 10.6. The Morgan fingerprint density at radius 2 is 1.56 bits per heavy atom. The second kappa shape index (κ2) is 26.7. The summed E-state index contributed by atoms with van der Waals surface area (Å²) < 4.78 is 48.0. The minimum atomic E-state index is -2.80. The summed E-state index contributed by atoms with van der Waals surface area (Å²) in [6.45, 7) is 15.4. The highest BCUT2D eigenvalue weighted by Crippen LogP contribution is 2.45. The molecule has 17 heteroatoms. The summed E-state index contributed by atoms with van der Waals surface area (Å²) in [4.78, 5) is 72.2. The largest absolute Gasteiger partial charge is 0.460 e. The fourth-order valence-corrected chi connectivity index (χ4v) is 11.5. The number of aliphatic hydroxyl groups is 3. The van der Waals surface area contributed by atoms with E-state index >= 15 is 0 Å². The number of esters is 1. The van der Waals surface area contributed by atoms with E-state index in [1.165, 1.54) is 21.1 Å². The van der Waals surface area contributed by atoms with Crippen molar-refractivity contribution < 1.29 is 72.1 Å². The first kappa shape index (κ1) is 59.4. The summed E-state index contributed by atoms with van der Waals surface area (Å²) in [6, 6.07) is -1.23. The van der Waals surface area contributed by atoms with Crippen molar-refractivity contribution in [2.45, 2.75) is 180 Å². The van der Waals surface area contributed by atoms with Gasteiger partial charge in [0.1, 0.15) is 30.1 Å². The topological polar surface area (TPSA) is 222 Å². The zero-order valence-electron chi connectivity index (χ0n) is 43.7. The molecular weight excluding hydrogens is 922 g/mol. The second-order valence-electron chi connectivity index (χ2n) is 21.0. The smallest absolute Gasteiger partial charge is 0.329 e. The molecule has 4 aliphatic rings. The number of carbonyl (C=O) groups excluding carboxylic acids is 5. The molecule has 1 aliphatic carbocycles. The van der Waals surface area contributed by atoms with E-state index in [1.807, 2.05) is 51.2 Å². The molecule has 16 atom stereocenters. The van der Waals surface area contributed by atoms with E-state index in [9.17, 15) is 43.9 Å². The van der Waals surface area contributed by atoms with Gasteiger partial charge in [-0.1, -0.05) is 71.1 Å². The van der Waals surface area contributed by atoms with Crippen LogP contribution in [0.15, 0.2) is 47.6 Å². The predicted molar refractivity (Wildman–Crippen MR) is 265 cm³/mol.